The van der Waals surface area contributed by atoms with Crippen LogP contribution in [0.15, 0.2) is 10.8 Å². The SMILES string of the molecule is CCN(C)C(=O)CNc1ncnc(Cl)c1Br. The number of nitrogens with zero attached hydrogens (tertiary/aromatic N) is 3. The first-order chi connectivity index (χ1) is 7.56. The van der Waals surface area contributed by atoms with Crippen molar-refractivity contribution in [1.82, 2.24) is 14.9 Å². The van der Waals surface area contributed by atoms with E-state index in [0.717, 1.165) is 0 Å². The Kier molecular flexibility index (Phi) is 4.95. The lowest BCUT2D eigenvalue weighted by Gasteiger charge is -2.15. The van der Waals surface area contributed by atoms with Gasteiger partial charge in [-0.25, -0.2) is 9.97 Å². The molecule has 1 amide bonds. The van der Waals surface area contributed by atoms with Crippen molar-refractivity contribution >= 4 is 39.3 Å². The Morgan fingerprint density at radius 1 is 1.62 bits per heavy atom. The van der Waals surface area contributed by atoms with Crippen LogP contribution in [0.5, 0.6) is 0 Å². The summed E-state index contributed by atoms with van der Waals surface area (Å²) in [5.41, 5.74) is 0. The maximum absolute atomic E-state index is 11.5. The van der Waals surface area contributed by atoms with E-state index < -0.39 is 0 Å². The summed E-state index contributed by atoms with van der Waals surface area (Å²) in [4.78, 5) is 20.9. The van der Waals surface area contributed by atoms with E-state index in [1.54, 1.807) is 11.9 Å². The molecular formula is C9H12BrClN4O. The van der Waals surface area contributed by atoms with Gasteiger partial charge in [0.25, 0.3) is 0 Å². The molecule has 0 aromatic carbocycles. The molecular weight excluding hydrogens is 295 g/mol. The van der Waals surface area contributed by atoms with E-state index >= 15 is 0 Å². The van der Waals surface area contributed by atoms with Crippen LogP contribution in [-0.2, 0) is 4.79 Å². The van der Waals surface area contributed by atoms with E-state index in [9.17, 15) is 4.79 Å². The second-order valence-electron chi connectivity index (χ2n) is 3.09. The van der Waals surface area contributed by atoms with E-state index in [1.165, 1.54) is 6.33 Å². The highest BCUT2D eigenvalue weighted by Crippen LogP contribution is 2.25. The number of likely N-dealkylation sites (N-methyl/N-ethyl adjacent to an activating group) is 1. The fourth-order valence-corrected chi connectivity index (χ4v) is 1.42. The zero-order valence-corrected chi connectivity index (χ0v) is 11.3. The molecule has 0 spiro atoms. The minimum Gasteiger partial charge on any atom is -0.360 e. The molecule has 0 aliphatic carbocycles. The third-order valence-corrected chi connectivity index (χ3v) is 3.32. The van der Waals surface area contributed by atoms with Crippen molar-refractivity contribution in [3.8, 4) is 0 Å². The van der Waals surface area contributed by atoms with Crippen molar-refractivity contribution in [3.63, 3.8) is 0 Å². The fourth-order valence-electron chi connectivity index (χ4n) is 0.942. The Labute approximate surface area is 107 Å². The highest BCUT2D eigenvalue weighted by atomic mass is 79.9. The first-order valence-corrected chi connectivity index (χ1v) is 5.87. The molecule has 7 heteroatoms. The Morgan fingerprint density at radius 3 is 2.94 bits per heavy atom. The predicted octanol–water partition coefficient (Wildman–Crippen LogP) is 1.78. The lowest BCUT2D eigenvalue weighted by Crippen LogP contribution is -2.32. The molecule has 1 N–H and O–H groups in total. The van der Waals surface area contributed by atoms with Crippen LogP contribution in [0.4, 0.5) is 5.82 Å². The summed E-state index contributed by atoms with van der Waals surface area (Å²) in [6.45, 7) is 2.76. The van der Waals surface area contributed by atoms with Gasteiger partial charge in [-0.15, -0.1) is 0 Å². The third kappa shape index (κ3) is 3.31. The zero-order valence-electron chi connectivity index (χ0n) is 9.00. The molecule has 0 unspecified atom stereocenters. The van der Waals surface area contributed by atoms with Gasteiger partial charge >= 0.3 is 0 Å². The van der Waals surface area contributed by atoms with Gasteiger partial charge in [-0.2, -0.15) is 0 Å². The van der Waals surface area contributed by atoms with Crippen LogP contribution in [0.25, 0.3) is 0 Å². The van der Waals surface area contributed by atoms with Gasteiger partial charge in [-0.3, -0.25) is 4.79 Å². The number of rotatable bonds is 4. The number of halogens is 2. The van der Waals surface area contributed by atoms with Gasteiger partial charge in [-0.05, 0) is 22.9 Å². The van der Waals surface area contributed by atoms with E-state index in [-0.39, 0.29) is 12.5 Å². The van der Waals surface area contributed by atoms with E-state index in [1.807, 2.05) is 6.92 Å². The molecule has 16 heavy (non-hydrogen) atoms. The molecule has 0 atom stereocenters. The van der Waals surface area contributed by atoms with Crippen molar-refractivity contribution in [3.05, 3.63) is 16.0 Å². The van der Waals surface area contributed by atoms with Crippen molar-refractivity contribution in [2.45, 2.75) is 6.92 Å². The van der Waals surface area contributed by atoms with Gasteiger partial charge in [0.2, 0.25) is 5.91 Å². The van der Waals surface area contributed by atoms with Gasteiger partial charge in [-0.1, -0.05) is 11.6 Å². The van der Waals surface area contributed by atoms with Crippen molar-refractivity contribution in [1.29, 1.82) is 0 Å². The standard InChI is InChI=1S/C9H12BrClN4O/c1-3-15(2)6(16)4-12-9-7(10)8(11)13-5-14-9/h5H,3-4H2,1-2H3,(H,12,13,14). The monoisotopic (exact) mass is 306 g/mol. The molecule has 0 aliphatic heterocycles. The van der Waals surface area contributed by atoms with E-state index in [0.29, 0.717) is 22.0 Å². The van der Waals surface area contributed by atoms with Crippen LogP contribution in [0, 0.1) is 0 Å². The van der Waals surface area contributed by atoms with Gasteiger partial charge in [0, 0.05) is 13.6 Å². The minimum atomic E-state index is -0.0101. The summed E-state index contributed by atoms with van der Waals surface area (Å²) in [5, 5.41) is 3.21. The molecule has 0 saturated carbocycles. The average Bonchev–Trinajstić information content (AvgIpc) is 2.29. The van der Waals surface area contributed by atoms with Crippen molar-refractivity contribution in [2.24, 2.45) is 0 Å². The van der Waals surface area contributed by atoms with Crippen LogP contribution >= 0.6 is 27.5 Å². The molecule has 5 nitrogen and oxygen atoms in total. The fraction of sp³-hybridized carbons (Fsp3) is 0.444. The Hall–Kier alpha value is -0.880. The molecule has 0 saturated heterocycles. The lowest BCUT2D eigenvalue weighted by atomic mass is 10.4. The second-order valence-corrected chi connectivity index (χ2v) is 4.24. The summed E-state index contributed by atoms with van der Waals surface area (Å²) in [6.07, 6.45) is 1.34. The molecule has 1 aromatic heterocycles. The first-order valence-electron chi connectivity index (χ1n) is 4.70. The molecule has 1 aromatic rings. The number of nitrogens with one attached hydrogen (secondary N) is 1. The smallest absolute Gasteiger partial charge is 0.241 e. The number of aromatic nitrogens is 2. The van der Waals surface area contributed by atoms with Crippen LogP contribution in [0.2, 0.25) is 5.15 Å². The molecule has 0 radical (unpaired) electrons. The third-order valence-electron chi connectivity index (χ3n) is 2.05. The maximum atomic E-state index is 11.5. The summed E-state index contributed by atoms with van der Waals surface area (Å²) < 4.78 is 0.559. The Bertz CT molecular complexity index is 388. The molecule has 0 bridgehead atoms. The van der Waals surface area contributed by atoms with Crippen molar-refractivity contribution in [2.75, 3.05) is 25.5 Å². The summed E-state index contributed by atoms with van der Waals surface area (Å²) in [7, 11) is 1.74. The Morgan fingerprint density at radius 2 is 2.31 bits per heavy atom. The highest BCUT2D eigenvalue weighted by molar-refractivity contribution is 9.10. The van der Waals surface area contributed by atoms with Crippen LogP contribution in [-0.4, -0.2) is 40.9 Å². The zero-order chi connectivity index (χ0) is 12.1. The second kappa shape index (κ2) is 6.00. The highest BCUT2D eigenvalue weighted by Gasteiger charge is 2.10. The Balaban J connectivity index is 2.61. The topological polar surface area (TPSA) is 58.1 Å². The van der Waals surface area contributed by atoms with E-state index in [4.69, 9.17) is 11.6 Å². The number of carbonyl (C=O) groups excluding carboxylic acids is 1. The number of amides is 1. The molecule has 0 aliphatic rings. The first kappa shape index (κ1) is 13.2. The average molecular weight is 308 g/mol. The maximum Gasteiger partial charge on any atom is 0.241 e. The summed E-state index contributed by atoms with van der Waals surface area (Å²) >= 11 is 9.03. The van der Waals surface area contributed by atoms with Gasteiger partial charge in [0.1, 0.15) is 17.3 Å². The van der Waals surface area contributed by atoms with Gasteiger partial charge < -0.3 is 10.2 Å². The summed E-state index contributed by atoms with van der Waals surface area (Å²) in [6, 6.07) is 0. The molecule has 0 fully saturated rings. The normalized spacial score (nSPS) is 10.0. The number of hydrogen-bond acceptors (Lipinski definition) is 4. The molecule has 1 rings (SSSR count). The van der Waals surface area contributed by atoms with Crippen molar-refractivity contribution < 1.29 is 4.79 Å². The molecule has 1 heterocycles. The lowest BCUT2D eigenvalue weighted by molar-refractivity contribution is -0.127. The van der Waals surface area contributed by atoms with Crippen LogP contribution in [0.3, 0.4) is 0 Å². The van der Waals surface area contributed by atoms with Crippen LogP contribution in [0.1, 0.15) is 6.92 Å². The molecule has 88 valence electrons. The predicted molar refractivity (Wildman–Crippen MR) is 66.5 cm³/mol. The van der Waals surface area contributed by atoms with Crippen LogP contribution < -0.4 is 5.32 Å². The number of anilines is 1. The van der Waals surface area contributed by atoms with E-state index in [2.05, 4.69) is 31.2 Å². The minimum absolute atomic E-state index is 0.0101. The van der Waals surface area contributed by atoms with Gasteiger partial charge in [0.05, 0.1) is 11.0 Å². The van der Waals surface area contributed by atoms with Gasteiger partial charge in [0.15, 0.2) is 0 Å². The largest absolute Gasteiger partial charge is 0.360 e. The quantitative estimate of drug-likeness (QED) is 0.862. The summed E-state index contributed by atoms with van der Waals surface area (Å²) in [5.74, 6) is 0.502. The number of carbonyl (C=O) groups is 1. The number of hydrogen-bond donors (Lipinski definition) is 1.